The molecule has 0 unspecified atom stereocenters. The lowest BCUT2D eigenvalue weighted by Crippen LogP contribution is -2.02. The fourth-order valence-corrected chi connectivity index (χ4v) is 3.16. The van der Waals surface area contributed by atoms with Gasteiger partial charge in [-0.05, 0) is 69.7 Å². The molecule has 0 aliphatic heterocycles. The smallest absolute Gasteiger partial charge is 0.125 e. The summed E-state index contributed by atoms with van der Waals surface area (Å²) in [5.41, 5.74) is 2.27. The molecule has 0 amide bonds. The minimum Gasteiger partial charge on any atom is -0.493 e. The minimum absolute atomic E-state index is 0.603. The van der Waals surface area contributed by atoms with Crippen molar-refractivity contribution in [2.45, 2.75) is 72.1 Å². The molecule has 0 N–H and O–H groups in total. The van der Waals surface area contributed by atoms with E-state index in [-0.39, 0.29) is 0 Å². The van der Waals surface area contributed by atoms with Gasteiger partial charge < -0.3 is 19.0 Å². The second-order valence-corrected chi connectivity index (χ2v) is 7.46. The topological polar surface area (TPSA) is 49.3 Å². The number of benzene rings is 1. The van der Waals surface area contributed by atoms with Crippen molar-refractivity contribution in [3.8, 4) is 11.5 Å². The van der Waals surface area contributed by atoms with Crippen LogP contribution in [0.4, 0.5) is 0 Å². The molecule has 0 fully saturated rings. The van der Waals surface area contributed by atoms with Crippen LogP contribution in [0.3, 0.4) is 0 Å². The summed E-state index contributed by atoms with van der Waals surface area (Å²) in [4.78, 5) is 4.62. The Morgan fingerprint density at radius 1 is 0.833 bits per heavy atom. The number of hydrogen-bond acceptors (Lipinski definition) is 5. The second kappa shape index (κ2) is 17.8. The molecular formula is C25H41NO4. The van der Waals surface area contributed by atoms with E-state index in [0.29, 0.717) is 6.61 Å². The Kier molecular flexibility index (Phi) is 15.5. The van der Waals surface area contributed by atoms with E-state index < -0.39 is 0 Å². The van der Waals surface area contributed by atoms with Gasteiger partial charge in [0, 0.05) is 19.4 Å². The summed E-state index contributed by atoms with van der Waals surface area (Å²) in [6.45, 7) is 9.20. The molecule has 1 aromatic rings. The molecular weight excluding hydrogens is 378 g/mol. The van der Waals surface area contributed by atoms with Crippen LogP contribution in [0.25, 0.3) is 0 Å². The molecule has 0 bridgehead atoms. The van der Waals surface area contributed by atoms with Gasteiger partial charge in [-0.2, -0.15) is 0 Å². The van der Waals surface area contributed by atoms with Crippen LogP contribution in [0, 0.1) is 13.8 Å². The molecule has 0 aliphatic rings. The molecule has 30 heavy (non-hydrogen) atoms. The van der Waals surface area contributed by atoms with Crippen LogP contribution < -0.4 is 9.47 Å². The van der Waals surface area contributed by atoms with Crippen molar-refractivity contribution < 1.29 is 19.0 Å². The van der Waals surface area contributed by atoms with Gasteiger partial charge in [-0.25, -0.2) is 0 Å². The number of allylic oxidation sites excluding steroid dienone is 1. The number of rotatable bonds is 18. The average molecular weight is 420 g/mol. The average Bonchev–Trinajstić information content (AvgIpc) is 2.72. The van der Waals surface area contributed by atoms with Crippen molar-refractivity contribution in [3.05, 3.63) is 35.4 Å². The van der Waals surface area contributed by atoms with E-state index in [1.165, 1.54) is 25.7 Å². The van der Waals surface area contributed by atoms with Crippen LogP contribution in [0.15, 0.2) is 29.4 Å². The van der Waals surface area contributed by atoms with Crippen molar-refractivity contribution in [3.63, 3.8) is 0 Å². The molecule has 1 rings (SSSR count). The van der Waals surface area contributed by atoms with Gasteiger partial charge in [-0.15, -0.1) is 0 Å². The highest BCUT2D eigenvalue weighted by Gasteiger charge is 2.07. The van der Waals surface area contributed by atoms with Crippen LogP contribution in [-0.4, -0.2) is 39.8 Å². The van der Waals surface area contributed by atoms with Crippen LogP contribution in [-0.2, 0) is 9.57 Å². The SMILES string of the molecule is C/C=C/COc1cc(C)c(OCCCCCCCCOCCC/C=N/OC)c(C)c1. The Balaban J connectivity index is 2.03. The molecule has 0 aromatic heterocycles. The number of hydrogen-bond donors (Lipinski definition) is 0. The van der Waals surface area contributed by atoms with Gasteiger partial charge in [0.1, 0.15) is 25.2 Å². The molecule has 0 saturated heterocycles. The summed E-state index contributed by atoms with van der Waals surface area (Å²) in [6.07, 6.45) is 14.9. The van der Waals surface area contributed by atoms with Crippen LogP contribution >= 0.6 is 0 Å². The Morgan fingerprint density at radius 3 is 2.13 bits per heavy atom. The van der Waals surface area contributed by atoms with Crippen LogP contribution in [0.1, 0.15) is 69.4 Å². The maximum absolute atomic E-state index is 6.05. The molecule has 1 aromatic carbocycles. The molecule has 0 aliphatic carbocycles. The molecule has 0 atom stereocenters. The quantitative estimate of drug-likeness (QED) is 0.119. The van der Waals surface area contributed by atoms with E-state index in [0.717, 1.165) is 68.1 Å². The number of aryl methyl sites for hydroxylation is 2. The van der Waals surface area contributed by atoms with Gasteiger partial charge in [-0.3, -0.25) is 0 Å². The standard InChI is InChI=1S/C25H41NO4/c1-5-6-18-29-24-20-22(2)25(23(3)21-24)30-19-13-10-8-7-9-12-16-28-17-14-11-15-26-27-4/h5-6,15,20-21H,7-14,16-19H2,1-4H3/b6-5+,26-15+. The lowest BCUT2D eigenvalue weighted by atomic mass is 10.1. The van der Waals surface area contributed by atoms with E-state index in [1.54, 1.807) is 13.3 Å². The maximum atomic E-state index is 6.05. The third-order valence-electron chi connectivity index (χ3n) is 4.75. The highest BCUT2D eigenvalue weighted by molar-refractivity contribution is 5.56. The molecule has 170 valence electrons. The molecule has 0 radical (unpaired) electrons. The molecule has 5 heteroatoms. The summed E-state index contributed by atoms with van der Waals surface area (Å²) < 4.78 is 17.4. The first-order valence-corrected chi connectivity index (χ1v) is 11.3. The number of ether oxygens (including phenoxy) is 3. The van der Waals surface area contributed by atoms with Crippen molar-refractivity contribution in [2.24, 2.45) is 5.16 Å². The minimum atomic E-state index is 0.603. The second-order valence-electron chi connectivity index (χ2n) is 7.46. The van der Waals surface area contributed by atoms with Crippen molar-refractivity contribution >= 4 is 6.21 Å². The Hall–Kier alpha value is -2.01. The van der Waals surface area contributed by atoms with E-state index >= 15 is 0 Å². The highest BCUT2D eigenvalue weighted by Crippen LogP contribution is 2.28. The molecule has 0 spiro atoms. The summed E-state index contributed by atoms with van der Waals surface area (Å²) in [5, 5.41) is 3.71. The van der Waals surface area contributed by atoms with Gasteiger partial charge >= 0.3 is 0 Å². The maximum Gasteiger partial charge on any atom is 0.125 e. The van der Waals surface area contributed by atoms with Crippen molar-refractivity contribution in [2.75, 3.05) is 33.5 Å². The summed E-state index contributed by atoms with van der Waals surface area (Å²) in [6, 6.07) is 4.11. The first-order chi connectivity index (χ1) is 14.7. The summed E-state index contributed by atoms with van der Waals surface area (Å²) in [7, 11) is 1.56. The van der Waals surface area contributed by atoms with Crippen molar-refractivity contribution in [1.82, 2.24) is 0 Å². The predicted molar refractivity (Wildman–Crippen MR) is 125 cm³/mol. The number of nitrogens with zero attached hydrogens (tertiary/aromatic N) is 1. The fraction of sp³-hybridized carbons (Fsp3) is 0.640. The summed E-state index contributed by atoms with van der Waals surface area (Å²) in [5.74, 6) is 1.90. The normalized spacial score (nSPS) is 11.5. The molecule has 0 saturated carbocycles. The van der Waals surface area contributed by atoms with Gasteiger partial charge in [-0.1, -0.05) is 43.0 Å². The zero-order valence-corrected chi connectivity index (χ0v) is 19.5. The largest absolute Gasteiger partial charge is 0.493 e. The van der Waals surface area contributed by atoms with E-state index in [4.69, 9.17) is 14.2 Å². The highest BCUT2D eigenvalue weighted by atomic mass is 16.6. The Bertz CT molecular complexity index is 590. The number of unbranched alkanes of at least 4 members (excludes halogenated alkanes) is 6. The zero-order valence-electron chi connectivity index (χ0n) is 19.5. The van der Waals surface area contributed by atoms with Crippen molar-refractivity contribution in [1.29, 1.82) is 0 Å². The Morgan fingerprint density at radius 2 is 1.47 bits per heavy atom. The summed E-state index contributed by atoms with van der Waals surface area (Å²) >= 11 is 0. The predicted octanol–water partition coefficient (Wildman–Crippen LogP) is 6.41. The van der Waals surface area contributed by atoms with Crippen LogP contribution in [0.5, 0.6) is 11.5 Å². The van der Waals surface area contributed by atoms with E-state index in [1.807, 2.05) is 19.1 Å². The third kappa shape index (κ3) is 12.5. The van der Waals surface area contributed by atoms with Gasteiger partial charge in [0.15, 0.2) is 0 Å². The lowest BCUT2D eigenvalue weighted by Gasteiger charge is -2.14. The molecule has 0 heterocycles. The molecule has 5 nitrogen and oxygen atoms in total. The van der Waals surface area contributed by atoms with Gasteiger partial charge in [0.25, 0.3) is 0 Å². The Labute approximate surface area is 183 Å². The zero-order chi connectivity index (χ0) is 21.9. The van der Waals surface area contributed by atoms with Crippen LogP contribution in [0.2, 0.25) is 0 Å². The first kappa shape index (κ1) is 26.0. The van der Waals surface area contributed by atoms with E-state index in [9.17, 15) is 0 Å². The number of oxime groups is 1. The monoisotopic (exact) mass is 419 g/mol. The first-order valence-electron chi connectivity index (χ1n) is 11.3. The lowest BCUT2D eigenvalue weighted by molar-refractivity contribution is 0.128. The van der Waals surface area contributed by atoms with E-state index in [2.05, 4.69) is 36.0 Å². The van der Waals surface area contributed by atoms with Gasteiger partial charge in [0.05, 0.1) is 6.61 Å². The third-order valence-corrected chi connectivity index (χ3v) is 4.75. The van der Waals surface area contributed by atoms with Gasteiger partial charge in [0.2, 0.25) is 0 Å². The fourth-order valence-electron chi connectivity index (χ4n) is 3.16.